The number of ether oxygens (including phenoxy) is 1. The SMILES string of the molecule is Cc1ccc(C(=O)CCC(=O)OC(C)C(=O)Nc2cccc(Cl)c2Cl)s1. The van der Waals surface area contributed by atoms with Crippen LogP contribution in [0.2, 0.25) is 10.0 Å². The molecule has 5 nitrogen and oxygen atoms in total. The Kier molecular flexibility index (Phi) is 7.20. The van der Waals surface area contributed by atoms with Crippen molar-refractivity contribution in [2.75, 3.05) is 5.32 Å². The number of aryl methyl sites for hydroxylation is 1. The number of thiophene rings is 1. The van der Waals surface area contributed by atoms with Crippen LogP contribution in [0.3, 0.4) is 0 Å². The molecule has 2 aromatic rings. The van der Waals surface area contributed by atoms with Gasteiger partial charge < -0.3 is 10.1 Å². The van der Waals surface area contributed by atoms with Crippen LogP contribution in [-0.2, 0) is 14.3 Å². The van der Waals surface area contributed by atoms with Crippen molar-refractivity contribution in [1.29, 1.82) is 0 Å². The van der Waals surface area contributed by atoms with E-state index in [1.54, 1.807) is 24.3 Å². The van der Waals surface area contributed by atoms with Crippen LogP contribution in [0.5, 0.6) is 0 Å². The Morgan fingerprint density at radius 1 is 1.15 bits per heavy atom. The quantitative estimate of drug-likeness (QED) is 0.517. The van der Waals surface area contributed by atoms with Crippen molar-refractivity contribution in [2.24, 2.45) is 0 Å². The Bertz CT molecular complexity index is 834. The van der Waals surface area contributed by atoms with Crippen LogP contribution in [0.1, 0.15) is 34.3 Å². The number of benzene rings is 1. The van der Waals surface area contributed by atoms with E-state index in [0.717, 1.165) is 4.88 Å². The number of anilines is 1. The Labute approximate surface area is 165 Å². The number of ketones is 1. The molecule has 0 aliphatic heterocycles. The standard InChI is InChI=1S/C18H17Cl2NO4S/c1-10-6-8-15(26-10)14(22)7-9-16(23)25-11(2)18(24)21-13-5-3-4-12(19)17(13)20/h3-6,8,11H,7,9H2,1-2H3,(H,21,24). The molecule has 26 heavy (non-hydrogen) atoms. The zero-order chi connectivity index (χ0) is 19.3. The Balaban J connectivity index is 1.83. The summed E-state index contributed by atoms with van der Waals surface area (Å²) in [4.78, 5) is 37.6. The van der Waals surface area contributed by atoms with Crippen LogP contribution in [-0.4, -0.2) is 23.8 Å². The first-order valence-electron chi connectivity index (χ1n) is 7.82. The molecule has 0 aliphatic rings. The first kappa shape index (κ1) is 20.4. The minimum absolute atomic E-state index is 0.0350. The van der Waals surface area contributed by atoms with Gasteiger partial charge in [-0.15, -0.1) is 11.3 Å². The van der Waals surface area contributed by atoms with Gasteiger partial charge in [0.1, 0.15) is 0 Å². The molecule has 0 saturated carbocycles. The zero-order valence-electron chi connectivity index (χ0n) is 14.2. The summed E-state index contributed by atoms with van der Waals surface area (Å²) >= 11 is 13.3. The largest absolute Gasteiger partial charge is 0.453 e. The van der Waals surface area contributed by atoms with E-state index in [1.807, 2.05) is 13.0 Å². The summed E-state index contributed by atoms with van der Waals surface area (Å²) in [7, 11) is 0. The number of carbonyl (C=O) groups excluding carboxylic acids is 3. The molecule has 138 valence electrons. The summed E-state index contributed by atoms with van der Waals surface area (Å²) in [5.74, 6) is -1.28. The third-order valence-electron chi connectivity index (χ3n) is 3.46. The van der Waals surface area contributed by atoms with E-state index in [9.17, 15) is 14.4 Å². The van der Waals surface area contributed by atoms with Gasteiger partial charge in [0, 0.05) is 11.3 Å². The third kappa shape index (κ3) is 5.56. The van der Waals surface area contributed by atoms with E-state index >= 15 is 0 Å². The van der Waals surface area contributed by atoms with E-state index in [-0.39, 0.29) is 23.6 Å². The maximum absolute atomic E-state index is 12.1. The normalized spacial score (nSPS) is 11.7. The number of hydrogen-bond acceptors (Lipinski definition) is 5. The summed E-state index contributed by atoms with van der Waals surface area (Å²) in [5, 5.41) is 3.06. The number of halogens is 2. The molecule has 1 aromatic heterocycles. The molecule has 2 rings (SSSR count). The second-order valence-electron chi connectivity index (χ2n) is 5.56. The van der Waals surface area contributed by atoms with Gasteiger partial charge >= 0.3 is 5.97 Å². The van der Waals surface area contributed by atoms with Crippen molar-refractivity contribution in [2.45, 2.75) is 32.8 Å². The lowest BCUT2D eigenvalue weighted by molar-refractivity contribution is -0.153. The van der Waals surface area contributed by atoms with E-state index < -0.39 is 18.0 Å². The highest BCUT2D eigenvalue weighted by Gasteiger charge is 2.20. The average molecular weight is 414 g/mol. The van der Waals surface area contributed by atoms with Crippen LogP contribution >= 0.6 is 34.5 Å². The van der Waals surface area contributed by atoms with Crippen molar-refractivity contribution in [3.63, 3.8) is 0 Å². The second-order valence-corrected chi connectivity index (χ2v) is 7.63. The smallest absolute Gasteiger partial charge is 0.307 e. The predicted molar refractivity (Wildman–Crippen MR) is 103 cm³/mol. The molecule has 0 bridgehead atoms. The third-order valence-corrected chi connectivity index (χ3v) is 5.32. The number of esters is 1. The number of rotatable bonds is 7. The van der Waals surface area contributed by atoms with Crippen molar-refractivity contribution < 1.29 is 19.1 Å². The lowest BCUT2D eigenvalue weighted by atomic mass is 10.2. The highest BCUT2D eigenvalue weighted by Crippen LogP contribution is 2.29. The van der Waals surface area contributed by atoms with Gasteiger partial charge in [-0.25, -0.2) is 0 Å². The second kappa shape index (κ2) is 9.16. The maximum Gasteiger partial charge on any atom is 0.307 e. The topological polar surface area (TPSA) is 72.5 Å². The van der Waals surface area contributed by atoms with Crippen molar-refractivity contribution in [1.82, 2.24) is 0 Å². The van der Waals surface area contributed by atoms with Gasteiger partial charge in [-0.3, -0.25) is 14.4 Å². The highest BCUT2D eigenvalue weighted by atomic mass is 35.5. The summed E-state index contributed by atoms with van der Waals surface area (Å²) in [6.45, 7) is 3.35. The Hall–Kier alpha value is -1.89. The predicted octanol–water partition coefficient (Wildman–Crippen LogP) is 4.90. The number of amides is 1. The molecule has 1 unspecified atom stereocenters. The van der Waals surface area contributed by atoms with Gasteiger partial charge in [-0.05, 0) is 38.1 Å². The van der Waals surface area contributed by atoms with E-state index in [1.165, 1.54) is 18.3 Å². The van der Waals surface area contributed by atoms with Gasteiger partial charge in [-0.1, -0.05) is 29.3 Å². The number of hydrogen-bond donors (Lipinski definition) is 1. The fourth-order valence-corrected chi connectivity index (χ4v) is 3.25. The van der Waals surface area contributed by atoms with E-state index in [4.69, 9.17) is 27.9 Å². The summed E-state index contributed by atoms with van der Waals surface area (Å²) < 4.78 is 5.07. The fourth-order valence-electron chi connectivity index (χ4n) is 2.07. The monoisotopic (exact) mass is 413 g/mol. The van der Waals surface area contributed by atoms with Crippen molar-refractivity contribution in [3.05, 3.63) is 50.1 Å². The molecule has 0 saturated heterocycles. The minimum atomic E-state index is -1.03. The van der Waals surface area contributed by atoms with Gasteiger partial charge in [0.2, 0.25) is 0 Å². The van der Waals surface area contributed by atoms with Crippen LogP contribution in [0, 0.1) is 6.92 Å². The Morgan fingerprint density at radius 2 is 1.88 bits per heavy atom. The molecule has 1 atom stereocenters. The van der Waals surface area contributed by atoms with Gasteiger partial charge in [0.25, 0.3) is 5.91 Å². The van der Waals surface area contributed by atoms with Crippen LogP contribution in [0.4, 0.5) is 5.69 Å². The average Bonchev–Trinajstić information content (AvgIpc) is 3.03. The lowest BCUT2D eigenvalue weighted by Crippen LogP contribution is -2.30. The van der Waals surface area contributed by atoms with Crippen LogP contribution < -0.4 is 5.32 Å². The fraction of sp³-hybridized carbons (Fsp3) is 0.278. The van der Waals surface area contributed by atoms with Gasteiger partial charge in [-0.2, -0.15) is 0 Å². The molecule has 1 aromatic carbocycles. The Morgan fingerprint density at radius 3 is 2.54 bits per heavy atom. The highest BCUT2D eigenvalue weighted by molar-refractivity contribution is 7.14. The zero-order valence-corrected chi connectivity index (χ0v) is 16.5. The molecule has 0 spiro atoms. The van der Waals surface area contributed by atoms with Crippen LogP contribution in [0.15, 0.2) is 30.3 Å². The number of nitrogens with one attached hydrogen (secondary N) is 1. The minimum Gasteiger partial charge on any atom is -0.453 e. The van der Waals surface area contributed by atoms with Crippen LogP contribution in [0.25, 0.3) is 0 Å². The molecule has 1 amide bonds. The summed E-state index contributed by atoms with van der Waals surface area (Å²) in [6.07, 6.45) is -1.09. The number of Topliss-reactive ketones (excluding diaryl/α,β-unsaturated/α-hetero) is 1. The van der Waals surface area contributed by atoms with Gasteiger partial charge in [0.15, 0.2) is 11.9 Å². The molecular formula is C18H17Cl2NO4S. The number of carbonyl (C=O) groups is 3. The summed E-state index contributed by atoms with van der Waals surface area (Å²) in [5.41, 5.74) is 0.329. The molecule has 0 fully saturated rings. The molecule has 1 heterocycles. The van der Waals surface area contributed by atoms with E-state index in [0.29, 0.717) is 15.6 Å². The van der Waals surface area contributed by atoms with Crippen molar-refractivity contribution >= 4 is 57.9 Å². The summed E-state index contributed by atoms with van der Waals surface area (Å²) in [6, 6.07) is 8.40. The molecule has 8 heteroatoms. The van der Waals surface area contributed by atoms with Crippen molar-refractivity contribution in [3.8, 4) is 0 Å². The molecule has 1 N–H and O–H groups in total. The van der Waals surface area contributed by atoms with E-state index in [2.05, 4.69) is 5.32 Å². The van der Waals surface area contributed by atoms with Gasteiger partial charge in [0.05, 0.1) is 27.0 Å². The molecule has 0 aliphatic carbocycles. The maximum atomic E-state index is 12.1. The first-order chi connectivity index (χ1) is 12.3. The molecular weight excluding hydrogens is 397 g/mol. The molecule has 0 radical (unpaired) electrons. The lowest BCUT2D eigenvalue weighted by Gasteiger charge is -2.14. The first-order valence-corrected chi connectivity index (χ1v) is 9.39.